The lowest BCUT2D eigenvalue weighted by molar-refractivity contribution is -0.137. The smallest absolute Gasteiger partial charge is 0.278 e. The third-order valence-electron chi connectivity index (χ3n) is 4.77. The van der Waals surface area contributed by atoms with Crippen LogP contribution in [-0.4, -0.2) is 43.1 Å². The molecule has 1 aliphatic heterocycles. The molecule has 2 aromatic rings. The van der Waals surface area contributed by atoms with E-state index < -0.39 is 5.91 Å². The Morgan fingerprint density at radius 1 is 1.07 bits per heavy atom. The van der Waals surface area contributed by atoms with Crippen LogP contribution in [-0.2, 0) is 14.3 Å². The fourth-order valence-corrected chi connectivity index (χ4v) is 3.34. The molecule has 0 spiro atoms. The highest BCUT2D eigenvalue weighted by atomic mass is 35.5. The van der Waals surface area contributed by atoms with Crippen LogP contribution in [0.5, 0.6) is 5.75 Å². The summed E-state index contributed by atoms with van der Waals surface area (Å²) < 4.78 is 10.7. The van der Waals surface area contributed by atoms with Crippen molar-refractivity contribution in [1.82, 2.24) is 4.90 Å². The second-order valence-electron chi connectivity index (χ2n) is 7.24. The molecule has 6 nitrogen and oxygen atoms in total. The number of carbonyl (C=O) groups is 2. The van der Waals surface area contributed by atoms with E-state index in [-0.39, 0.29) is 30.9 Å². The number of nitrogens with zero attached hydrogens (tertiary/aromatic N) is 1. The molecule has 0 radical (unpaired) electrons. The monoisotopic (exact) mass is 428 g/mol. The Bertz CT molecular complexity index is 983. The number of halogens is 1. The molecule has 2 aromatic carbocycles. The van der Waals surface area contributed by atoms with Gasteiger partial charge in [-0.1, -0.05) is 29.8 Å². The highest BCUT2D eigenvalue weighted by Gasteiger charge is 2.39. The van der Waals surface area contributed by atoms with Crippen molar-refractivity contribution in [3.63, 3.8) is 0 Å². The Morgan fingerprint density at radius 2 is 1.77 bits per heavy atom. The average molecular weight is 429 g/mol. The zero-order valence-corrected chi connectivity index (χ0v) is 18.2. The molecule has 0 unspecified atom stereocenters. The van der Waals surface area contributed by atoms with Crippen LogP contribution >= 0.6 is 11.6 Å². The van der Waals surface area contributed by atoms with E-state index in [1.54, 1.807) is 43.5 Å². The Balaban J connectivity index is 2.00. The van der Waals surface area contributed by atoms with Crippen LogP contribution in [0.25, 0.3) is 5.57 Å². The molecule has 7 heteroatoms. The summed E-state index contributed by atoms with van der Waals surface area (Å²) in [4.78, 5) is 27.6. The van der Waals surface area contributed by atoms with Crippen molar-refractivity contribution < 1.29 is 19.1 Å². The third kappa shape index (κ3) is 4.66. The molecular formula is C23H25ClN2O4. The normalized spacial score (nSPS) is 14.1. The number of imide groups is 1. The van der Waals surface area contributed by atoms with Crippen molar-refractivity contribution in [2.75, 3.05) is 25.6 Å². The van der Waals surface area contributed by atoms with Gasteiger partial charge in [-0.25, -0.2) is 0 Å². The van der Waals surface area contributed by atoms with E-state index in [9.17, 15) is 9.59 Å². The first-order valence-electron chi connectivity index (χ1n) is 9.71. The lowest BCUT2D eigenvalue weighted by Crippen LogP contribution is -2.35. The highest BCUT2D eigenvalue weighted by Crippen LogP contribution is 2.32. The van der Waals surface area contributed by atoms with Crippen molar-refractivity contribution in [2.45, 2.75) is 26.9 Å². The van der Waals surface area contributed by atoms with E-state index in [1.165, 1.54) is 4.90 Å². The van der Waals surface area contributed by atoms with E-state index >= 15 is 0 Å². The Morgan fingerprint density at radius 3 is 2.40 bits per heavy atom. The minimum Gasteiger partial charge on any atom is -0.497 e. The summed E-state index contributed by atoms with van der Waals surface area (Å²) >= 11 is 6.13. The lowest BCUT2D eigenvalue weighted by atomic mass is 10.0. The Kier molecular flexibility index (Phi) is 6.80. The number of anilines is 1. The zero-order chi connectivity index (χ0) is 21.8. The molecule has 0 aromatic heterocycles. The predicted octanol–water partition coefficient (Wildman–Crippen LogP) is 4.27. The number of hydrogen-bond donors (Lipinski definition) is 1. The maximum atomic E-state index is 13.2. The minimum atomic E-state index is -0.391. The van der Waals surface area contributed by atoms with Gasteiger partial charge in [0.05, 0.1) is 31.9 Å². The lowest BCUT2D eigenvalue weighted by Gasteiger charge is -2.16. The molecule has 0 saturated carbocycles. The quantitative estimate of drug-likeness (QED) is 0.636. The fourth-order valence-electron chi connectivity index (χ4n) is 3.16. The van der Waals surface area contributed by atoms with Crippen LogP contribution in [0.4, 0.5) is 5.69 Å². The summed E-state index contributed by atoms with van der Waals surface area (Å²) in [5.74, 6) is -0.0873. The van der Waals surface area contributed by atoms with Gasteiger partial charge in [0.15, 0.2) is 0 Å². The van der Waals surface area contributed by atoms with Crippen molar-refractivity contribution >= 4 is 34.7 Å². The number of carbonyl (C=O) groups excluding carboxylic acids is 2. The first kappa shape index (κ1) is 21.9. The topological polar surface area (TPSA) is 67.9 Å². The number of aryl methyl sites for hydroxylation is 1. The molecule has 1 N–H and O–H groups in total. The molecule has 158 valence electrons. The van der Waals surface area contributed by atoms with Crippen LogP contribution in [0.15, 0.2) is 48.2 Å². The first-order valence-corrected chi connectivity index (χ1v) is 10.1. The molecule has 1 heterocycles. The van der Waals surface area contributed by atoms with Gasteiger partial charge in [-0.3, -0.25) is 14.5 Å². The molecule has 0 fully saturated rings. The van der Waals surface area contributed by atoms with Gasteiger partial charge in [-0.15, -0.1) is 0 Å². The summed E-state index contributed by atoms with van der Waals surface area (Å²) in [7, 11) is 1.57. The Hall–Kier alpha value is -2.83. The number of amides is 2. The van der Waals surface area contributed by atoms with Gasteiger partial charge in [0.2, 0.25) is 0 Å². The largest absolute Gasteiger partial charge is 0.497 e. The number of benzene rings is 2. The molecule has 0 bridgehead atoms. The van der Waals surface area contributed by atoms with Crippen LogP contribution in [0.1, 0.15) is 25.0 Å². The summed E-state index contributed by atoms with van der Waals surface area (Å²) in [5, 5.41) is 3.68. The molecule has 3 rings (SSSR count). The molecule has 0 aliphatic carbocycles. The van der Waals surface area contributed by atoms with Crippen LogP contribution in [0.2, 0.25) is 5.02 Å². The average Bonchev–Trinajstić information content (AvgIpc) is 2.95. The van der Waals surface area contributed by atoms with E-state index in [0.717, 1.165) is 5.56 Å². The summed E-state index contributed by atoms with van der Waals surface area (Å²) in [5.41, 5.74) is 2.74. The molecule has 30 heavy (non-hydrogen) atoms. The molecule has 2 amide bonds. The number of rotatable bonds is 8. The van der Waals surface area contributed by atoms with Crippen LogP contribution < -0.4 is 10.1 Å². The second-order valence-corrected chi connectivity index (χ2v) is 7.68. The number of hydrogen-bond acceptors (Lipinski definition) is 5. The van der Waals surface area contributed by atoms with E-state index in [4.69, 9.17) is 21.1 Å². The van der Waals surface area contributed by atoms with Gasteiger partial charge in [-0.05, 0) is 56.2 Å². The van der Waals surface area contributed by atoms with E-state index in [1.807, 2.05) is 26.8 Å². The minimum absolute atomic E-state index is 0.0125. The summed E-state index contributed by atoms with van der Waals surface area (Å²) in [6, 6.07) is 12.4. The van der Waals surface area contributed by atoms with Gasteiger partial charge in [0.25, 0.3) is 11.8 Å². The van der Waals surface area contributed by atoms with Gasteiger partial charge in [-0.2, -0.15) is 0 Å². The number of nitrogens with one attached hydrogen (secondary N) is 1. The Labute approximate surface area is 181 Å². The second kappa shape index (κ2) is 9.32. The molecule has 1 aliphatic rings. The summed E-state index contributed by atoms with van der Waals surface area (Å²) in [6.07, 6.45) is 0.0125. The van der Waals surface area contributed by atoms with Crippen molar-refractivity contribution in [2.24, 2.45) is 0 Å². The van der Waals surface area contributed by atoms with E-state index in [0.29, 0.717) is 27.6 Å². The third-order valence-corrected chi connectivity index (χ3v) is 5.01. The van der Waals surface area contributed by atoms with Crippen molar-refractivity contribution in [3.8, 4) is 5.75 Å². The molecule has 0 atom stereocenters. The predicted molar refractivity (Wildman–Crippen MR) is 118 cm³/mol. The zero-order valence-electron chi connectivity index (χ0n) is 17.5. The van der Waals surface area contributed by atoms with E-state index in [2.05, 4.69) is 5.32 Å². The maximum absolute atomic E-state index is 13.2. The van der Waals surface area contributed by atoms with Gasteiger partial charge < -0.3 is 14.8 Å². The van der Waals surface area contributed by atoms with Gasteiger partial charge >= 0.3 is 0 Å². The molecule has 0 saturated heterocycles. The first-order chi connectivity index (χ1) is 14.3. The summed E-state index contributed by atoms with van der Waals surface area (Å²) in [6.45, 7) is 6.17. The highest BCUT2D eigenvalue weighted by molar-refractivity contribution is 6.36. The fraction of sp³-hybridized carbons (Fsp3) is 0.304. The number of methoxy groups -OCH3 is 1. The van der Waals surface area contributed by atoms with Crippen molar-refractivity contribution in [1.29, 1.82) is 0 Å². The standard InChI is InChI=1S/C23H25ClN2O4/c1-14(2)30-12-11-26-22(27)20(16-6-9-18(29-4)10-7-16)21(23(26)28)25-19-13-17(24)8-5-15(19)3/h5-10,13-14,25H,11-12H2,1-4H3. The van der Waals surface area contributed by atoms with Crippen LogP contribution in [0.3, 0.4) is 0 Å². The SMILES string of the molecule is COc1ccc(C2=C(Nc3cc(Cl)ccc3C)C(=O)N(CCOC(C)C)C2=O)cc1. The van der Waals surface area contributed by atoms with Gasteiger partial charge in [0.1, 0.15) is 11.4 Å². The van der Waals surface area contributed by atoms with Crippen LogP contribution in [0, 0.1) is 6.92 Å². The van der Waals surface area contributed by atoms with Crippen molar-refractivity contribution in [3.05, 3.63) is 64.3 Å². The maximum Gasteiger partial charge on any atom is 0.278 e. The van der Waals surface area contributed by atoms with Gasteiger partial charge in [0, 0.05) is 10.7 Å². The number of ether oxygens (including phenoxy) is 2. The molecular weight excluding hydrogens is 404 g/mol.